The Morgan fingerprint density at radius 1 is 1.36 bits per heavy atom. The molecule has 0 radical (unpaired) electrons. The van der Waals surface area contributed by atoms with E-state index in [9.17, 15) is 4.79 Å². The van der Waals surface area contributed by atoms with E-state index in [0.29, 0.717) is 21.7 Å². The lowest BCUT2D eigenvalue weighted by Crippen LogP contribution is -2.14. The van der Waals surface area contributed by atoms with E-state index < -0.39 is 0 Å². The Kier molecular flexibility index (Phi) is 3.47. The van der Waals surface area contributed by atoms with Crippen LogP contribution in [0.4, 0.5) is 5.13 Å². The molecule has 3 aromatic heterocycles. The number of hydrogen-bond acceptors (Lipinski definition) is 8. The quantitative estimate of drug-likeness (QED) is 0.541. The molecule has 0 spiro atoms. The van der Waals surface area contributed by atoms with Crippen LogP contribution >= 0.6 is 23.1 Å². The first-order valence-electron chi connectivity index (χ1n) is 6.70. The number of amides is 1. The molecule has 4 rings (SSSR count). The van der Waals surface area contributed by atoms with Gasteiger partial charge in [0.05, 0.1) is 12.1 Å². The zero-order chi connectivity index (χ0) is 14.9. The normalized spacial score (nSPS) is 14.4. The van der Waals surface area contributed by atoms with Crippen molar-refractivity contribution in [1.29, 1.82) is 0 Å². The number of thioether (sulfide) groups is 1. The Bertz CT molecular complexity index is 826. The van der Waals surface area contributed by atoms with Crippen LogP contribution in [0, 0.1) is 0 Å². The second-order valence-corrected chi connectivity index (χ2v) is 6.81. The van der Waals surface area contributed by atoms with Gasteiger partial charge in [0.15, 0.2) is 5.65 Å². The van der Waals surface area contributed by atoms with Crippen LogP contribution in [0.3, 0.4) is 0 Å². The van der Waals surface area contributed by atoms with E-state index in [4.69, 9.17) is 0 Å². The third kappa shape index (κ3) is 2.79. The molecule has 3 heterocycles. The highest BCUT2D eigenvalue weighted by Crippen LogP contribution is 2.42. The highest BCUT2D eigenvalue weighted by atomic mass is 32.2. The minimum atomic E-state index is -0.130. The molecule has 1 aliphatic rings. The number of nitrogens with one attached hydrogen (secondary N) is 2. The molecule has 0 bridgehead atoms. The molecule has 3 aromatic rings. The van der Waals surface area contributed by atoms with Gasteiger partial charge in [-0.25, -0.2) is 15.0 Å². The average molecular weight is 333 g/mol. The minimum Gasteiger partial charge on any atom is -0.341 e. The third-order valence-electron chi connectivity index (χ3n) is 3.14. The van der Waals surface area contributed by atoms with E-state index in [0.717, 1.165) is 10.5 Å². The molecule has 22 heavy (non-hydrogen) atoms. The van der Waals surface area contributed by atoms with Crippen LogP contribution in [-0.2, 0) is 4.79 Å². The van der Waals surface area contributed by atoms with Gasteiger partial charge in [0.25, 0.3) is 0 Å². The van der Waals surface area contributed by atoms with Crippen LogP contribution < -0.4 is 5.32 Å². The summed E-state index contributed by atoms with van der Waals surface area (Å²) in [5.74, 6) is 0.658. The Hall–Kier alpha value is -2.07. The number of carbonyl (C=O) groups excluding carboxylic acids is 1. The van der Waals surface area contributed by atoms with Gasteiger partial charge in [0, 0.05) is 5.92 Å². The van der Waals surface area contributed by atoms with Crippen molar-refractivity contribution in [3.8, 4) is 0 Å². The Balaban J connectivity index is 1.38. The number of H-pyrrole nitrogens is 1. The highest BCUT2D eigenvalue weighted by molar-refractivity contribution is 8.00. The van der Waals surface area contributed by atoms with Crippen molar-refractivity contribution < 1.29 is 4.79 Å². The zero-order valence-electron chi connectivity index (χ0n) is 11.3. The number of anilines is 1. The fraction of sp³-hybridized carbons (Fsp3) is 0.333. The van der Waals surface area contributed by atoms with Crippen LogP contribution in [0.1, 0.15) is 23.8 Å². The number of fused-ring (bicyclic) bond motifs is 1. The van der Waals surface area contributed by atoms with Gasteiger partial charge in [-0.15, -0.1) is 10.2 Å². The fourth-order valence-electron chi connectivity index (χ4n) is 1.92. The second kappa shape index (κ2) is 5.61. The van der Waals surface area contributed by atoms with Crippen molar-refractivity contribution in [3.05, 3.63) is 17.7 Å². The molecule has 112 valence electrons. The summed E-state index contributed by atoms with van der Waals surface area (Å²) in [5, 5.41) is 13.1. The van der Waals surface area contributed by atoms with Crippen molar-refractivity contribution in [2.45, 2.75) is 23.8 Å². The third-order valence-corrected chi connectivity index (χ3v) is 5.13. The maximum Gasteiger partial charge on any atom is 0.236 e. The summed E-state index contributed by atoms with van der Waals surface area (Å²) in [7, 11) is 0. The SMILES string of the molecule is O=C(CSc1ncnc2nc[nH]c12)Nc1nnc(C2CC2)s1. The first kappa shape index (κ1) is 13.6. The summed E-state index contributed by atoms with van der Waals surface area (Å²) in [4.78, 5) is 27.2. The molecule has 1 aliphatic carbocycles. The van der Waals surface area contributed by atoms with Gasteiger partial charge < -0.3 is 4.98 Å². The molecule has 1 fully saturated rings. The molecule has 1 saturated carbocycles. The van der Waals surface area contributed by atoms with Gasteiger partial charge in [0.2, 0.25) is 11.0 Å². The second-order valence-electron chi connectivity index (χ2n) is 4.84. The van der Waals surface area contributed by atoms with Gasteiger partial charge in [0.1, 0.15) is 21.9 Å². The Morgan fingerprint density at radius 3 is 3.14 bits per heavy atom. The van der Waals surface area contributed by atoms with Crippen molar-refractivity contribution in [2.24, 2.45) is 0 Å². The molecule has 10 heteroatoms. The summed E-state index contributed by atoms with van der Waals surface area (Å²) in [5.41, 5.74) is 1.34. The monoisotopic (exact) mass is 333 g/mol. The predicted octanol–water partition coefficient (Wildman–Crippen LogP) is 1.81. The largest absolute Gasteiger partial charge is 0.341 e. The number of imidazole rings is 1. The standard InChI is InChI=1S/C12H11N7OS2/c20-7(17-12-19-18-10(22-12)6-1-2-6)3-21-11-8-9(14-4-13-8)15-5-16-11/h4-6H,1-3H2,(H,17,19,20)(H,13,14,15,16). The van der Waals surface area contributed by atoms with E-state index in [1.54, 1.807) is 6.33 Å². The zero-order valence-corrected chi connectivity index (χ0v) is 12.9. The molecule has 2 N–H and O–H groups in total. The first-order chi connectivity index (χ1) is 10.8. The van der Waals surface area contributed by atoms with Gasteiger partial charge in [-0.1, -0.05) is 23.1 Å². The maximum absolute atomic E-state index is 12.0. The van der Waals surface area contributed by atoms with Crippen molar-refractivity contribution in [1.82, 2.24) is 30.1 Å². The molecule has 0 saturated heterocycles. The Labute approximate surface area is 133 Å². The van der Waals surface area contributed by atoms with Crippen LogP contribution in [0.5, 0.6) is 0 Å². The van der Waals surface area contributed by atoms with E-state index in [1.807, 2.05) is 0 Å². The molecule has 0 atom stereocenters. The van der Waals surface area contributed by atoms with Crippen molar-refractivity contribution in [3.63, 3.8) is 0 Å². The topological polar surface area (TPSA) is 109 Å². The van der Waals surface area contributed by atoms with Gasteiger partial charge in [-0.3, -0.25) is 10.1 Å². The number of hydrogen-bond donors (Lipinski definition) is 2. The lowest BCUT2D eigenvalue weighted by atomic mass is 10.5. The highest BCUT2D eigenvalue weighted by Gasteiger charge is 2.27. The van der Waals surface area contributed by atoms with Gasteiger partial charge >= 0.3 is 0 Å². The minimum absolute atomic E-state index is 0.130. The first-order valence-corrected chi connectivity index (χ1v) is 8.50. The van der Waals surface area contributed by atoms with Crippen LogP contribution in [-0.4, -0.2) is 41.8 Å². The van der Waals surface area contributed by atoms with Crippen LogP contribution in [0.2, 0.25) is 0 Å². The van der Waals surface area contributed by atoms with Crippen LogP contribution in [0.25, 0.3) is 11.2 Å². The number of aromatic nitrogens is 6. The van der Waals surface area contributed by atoms with Crippen LogP contribution in [0.15, 0.2) is 17.7 Å². The molecular weight excluding hydrogens is 322 g/mol. The number of nitrogens with zero attached hydrogens (tertiary/aromatic N) is 5. The summed E-state index contributed by atoms with van der Waals surface area (Å²) in [6.45, 7) is 0. The number of rotatable bonds is 5. The maximum atomic E-state index is 12.0. The van der Waals surface area contributed by atoms with Crippen molar-refractivity contribution in [2.75, 3.05) is 11.1 Å². The predicted molar refractivity (Wildman–Crippen MR) is 82.9 cm³/mol. The van der Waals surface area contributed by atoms with Gasteiger partial charge in [-0.05, 0) is 12.8 Å². The summed E-state index contributed by atoms with van der Waals surface area (Å²) >= 11 is 2.78. The molecule has 8 nitrogen and oxygen atoms in total. The Morgan fingerprint density at radius 2 is 2.27 bits per heavy atom. The molecule has 1 amide bonds. The summed E-state index contributed by atoms with van der Waals surface area (Å²) in [6, 6.07) is 0. The number of aromatic amines is 1. The van der Waals surface area contributed by atoms with E-state index >= 15 is 0 Å². The lowest BCUT2D eigenvalue weighted by Gasteiger charge is -2.01. The van der Waals surface area contributed by atoms with Gasteiger partial charge in [-0.2, -0.15) is 0 Å². The summed E-state index contributed by atoms with van der Waals surface area (Å²) in [6.07, 6.45) is 5.35. The molecule has 0 aromatic carbocycles. The molecule has 0 aliphatic heterocycles. The smallest absolute Gasteiger partial charge is 0.236 e. The fourth-order valence-corrected chi connectivity index (χ4v) is 3.61. The molecule has 0 unspecified atom stereocenters. The lowest BCUT2D eigenvalue weighted by molar-refractivity contribution is -0.113. The van der Waals surface area contributed by atoms with E-state index in [2.05, 4.69) is 35.5 Å². The number of carbonyl (C=O) groups is 1. The average Bonchev–Trinajstić information content (AvgIpc) is 3.07. The summed E-state index contributed by atoms with van der Waals surface area (Å²) < 4.78 is 0. The van der Waals surface area contributed by atoms with E-state index in [1.165, 1.54) is 42.3 Å². The van der Waals surface area contributed by atoms with Crippen molar-refractivity contribution >= 4 is 45.3 Å². The van der Waals surface area contributed by atoms with E-state index in [-0.39, 0.29) is 11.7 Å². The molecular formula is C12H11N7OS2.